The molecular formula is C21H15IN2O4. The van der Waals surface area contributed by atoms with Crippen molar-refractivity contribution >= 4 is 51.4 Å². The Labute approximate surface area is 174 Å². The fourth-order valence-corrected chi connectivity index (χ4v) is 3.81. The zero-order chi connectivity index (χ0) is 19.8. The summed E-state index contributed by atoms with van der Waals surface area (Å²) in [5.41, 5.74) is 1.49. The molecule has 1 aliphatic heterocycles. The number of amides is 2. The molecule has 140 valence electrons. The molecule has 0 unspecified atom stereocenters. The molecule has 0 fully saturated rings. The molecule has 1 heterocycles. The van der Waals surface area contributed by atoms with Gasteiger partial charge < -0.3 is 9.84 Å². The zero-order valence-corrected chi connectivity index (χ0v) is 17.0. The van der Waals surface area contributed by atoms with Crippen LogP contribution in [0.3, 0.4) is 0 Å². The van der Waals surface area contributed by atoms with Crippen LogP contribution in [-0.2, 0) is 0 Å². The van der Waals surface area contributed by atoms with E-state index in [4.69, 9.17) is 4.74 Å². The summed E-state index contributed by atoms with van der Waals surface area (Å²) in [4.78, 5) is 25.7. The lowest BCUT2D eigenvalue weighted by Gasteiger charge is -2.23. The quantitative estimate of drug-likeness (QED) is 0.341. The van der Waals surface area contributed by atoms with Crippen LogP contribution in [-0.4, -0.2) is 34.8 Å². The number of carbonyl (C=O) groups is 2. The second-order valence-corrected chi connectivity index (χ2v) is 7.32. The summed E-state index contributed by atoms with van der Waals surface area (Å²) in [6, 6.07) is 14.0. The molecule has 3 aromatic carbocycles. The van der Waals surface area contributed by atoms with E-state index >= 15 is 0 Å². The Kier molecular flexibility index (Phi) is 4.76. The van der Waals surface area contributed by atoms with Crippen LogP contribution in [0.2, 0.25) is 0 Å². The summed E-state index contributed by atoms with van der Waals surface area (Å²) >= 11 is 1.98. The van der Waals surface area contributed by atoms with E-state index in [2.05, 4.69) is 5.10 Å². The van der Waals surface area contributed by atoms with E-state index in [1.807, 2.05) is 41.6 Å². The van der Waals surface area contributed by atoms with Crippen molar-refractivity contribution in [2.24, 2.45) is 5.10 Å². The number of ether oxygens (including phenoxy) is 1. The van der Waals surface area contributed by atoms with Gasteiger partial charge in [0.2, 0.25) is 0 Å². The Morgan fingerprint density at radius 2 is 1.75 bits per heavy atom. The van der Waals surface area contributed by atoms with Crippen LogP contribution in [0.15, 0.2) is 53.6 Å². The normalized spacial score (nSPS) is 13.6. The highest BCUT2D eigenvalue weighted by atomic mass is 127. The molecule has 0 saturated heterocycles. The van der Waals surface area contributed by atoms with Crippen molar-refractivity contribution < 1.29 is 19.4 Å². The van der Waals surface area contributed by atoms with Crippen molar-refractivity contribution in [3.05, 3.63) is 68.8 Å². The summed E-state index contributed by atoms with van der Waals surface area (Å²) < 4.78 is 5.99. The number of aromatic hydroxyl groups is 1. The number of imide groups is 1. The number of hydrogen-bond acceptors (Lipinski definition) is 5. The van der Waals surface area contributed by atoms with E-state index in [0.717, 1.165) is 10.4 Å². The molecule has 3 aromatic rings. The molecule has 0 saturated carbocycles. The van der Waals surface area contributed by atoms with E-state index in [1.54, 1.807) is 36.4 Å². The van der Waals surface area contributed by atoms with Gasteiger partial charge in [-0.2, -0.15) is 10.1 Å². The number of hydrazone groups is 1. The highest BCUT2D eigenvalue weighted by Gasteiger charge is 2.32. The first-order chi connectivity index (χ1) is 13.5. The number of rotatable bonds is 4. The van der Waals surface area contributed by atoms with Gasteiger partial charge in [0.15, 0.2) is 11.5 Å². The standard InChI is InChI=1S/C21H15IN2O4/c1-2-28-17-10-12(9-16(22)19(17)25)11-23-24-20(26)14-7-3-5-13-6-4-8-15(18(13)14)21(24)27/h3-11,25H,2H2,1H3. The van der Waals surface area contributed by atoms with E-state index in [0.29, 0.717) is 38.0 Å². The molecule has 0 aliphatic carbocycles. The van der Waals surface area contributed by atoms with Crippen LogP contribution in [0.4, 0.5) is 0 Å². The van der Waals surface area contributed by atoms with Crippen LogP contribution >= 0.6 is 22.6 Å². The molecule has 0 bridgehead atoms. The van der Waals surface area contributed by atoms with E-state index in [9.17, 15) is 14.7 Å². The lowest BCUT2D eigenvalue weighted by molar-refractivity contribution is 0.0616. The number of carbonyl (C=O) groups excluding carboxylic acids is 2. The third-order valence-electron chi connectivity index (χ3n) is 4.42. The highest BCUT2D eigenvalue weighted by Crippen LogP contribution is 2.33. The van der Waals surface area contributed by atoms with Crippen molar-refractivity contribution in [2.75, 3.05) is 6.61 Å². The molecule has 7 heteroatoms. The van der Waals surface area contributed by atoms with Gasteiger partial charge in [0.05, 0.1) is 27.5 Å². The monoisotopic (exact) mass is 486 g/mol. The molecule has 1 aliphatic rings. The molecule has 2 amide bonds. The number of halogens is 1. The Bertz CT molecular complexity index is 1110. The molecule has 0 radical (unpaired) electrons. The third kappa shape index (κ3) is 3.01. The minimum Gasteiger partial charge on any atom is -0.504 e. The van der Waals surface area contributed by atoms with Crippen LogP contribution in [0.1, 0.15) is 33.2 Å². The average Bonchev–Trinajstić information content (AvgIpc) is 2.69. The third-order valence-corrected chi connectivity index (χ3v) is 5.25. The predicted octanol–water partition coefficient (Wildman–Crippen LogP) is 4.18. The van der Waals surface area contributed by atoms with Gasteiger partial charge in [0.25, 0.3) is 11.8 Å². The zero-order valence-electron chi connectivity index (χ0n) is 14.8. The second kappa shape index (κ2) is 7.23. The number of hydrogen-bond donors (Lipinski definition) is 1. The summed E-state index contributed by atoms with van der Waals surface area (Å²) in [5, 5.41) is 16.6. The van der Waals surface area contributed by atoms with E-state index < -0.39 is 11.8 Å². The van der Waals surface area contributed by atoms with E-state index in [1.165, 1.54) is 6.21 Å². The van der Waals surface area contributed by atoms with Crippen molar-refractivity contribution in [3.8, 4) is 11.5 Å². The van der Waals surface area contributed by atoms with Gasteiger partial charge in [-0.3, -0.25) is 9.59 Å². The minimum atomic E-state index is -0.468. The highest BCUT2D eigenvalue weighted by molar-refractivity contribution is 14.1. The molecule has 0 aromatic heterocycles. The van der Waals surface area contributed by atoms with Gasteiger partial charge in [-0.15, -0.1) is 0 Å². The van der Waals surface area contributed by atoms with Crippen LogP contribution in [0, 0.1) is 3.57 Å². The fourth-order valence-electron chi connectivity index (χ4n) is 3.18. The predicted molar refractivity (Wildman–Crippen MR) is 114 cm³/mol. The number of nitrogens with zero attached hydrogens (tertiary/aromatic N) is 2. The lowest BCUT2D eigenvalue weighted by Crippen LogP contribution is -2.36. The van der Waals surface area contributed by atoms with Crippen LogP contribution < -0.4 is 4.74 Å². The first-order valence-electron chi connectivity index (χ1n) is 8.61. The van der Waals surface area contributed by atoms with E-state index in [-0.39, 0.29) is 5.75 Å². The maximum atomic E-state index is 12.9. The first-order valence-corrected chi connectivity index (χ1v) is 9.69. The average molecular weight is 486 g/mol. The van der Waals surface area contributed by atoms with Gasteiger partial charge in [0.1, 0.15) is 0 Å². The topological polar surface area (TPSA) is 79.2 Å². The molecule has 28 heavy (non-hydrogen) atoms. The van der Waals surface area contributed by atoms with Crippen LogP contribution in [0.25, 0.3) is 10.8 Å². The Hall–Kier alpha value is -2.94. The van der Waals surface area contributed by atoms with Crippen molar-refractivity contribution in [2.45, 2.75) is 6.92 Å². The Morgan fingerprint density at radius 1 is 1.11 bits per heavy atom. The summed E-state index contributed by atoms with van der Waals surface area (Å²) in [6.45, 7) is 2.21. The van der Waals surface area contributed by atoms with Gasteiger partial charge in [-0.25, -0.2) is 0 Å². The summed E-state index contributed by atoms with van der Waals surface area (Å²) in [7, 11) is 0. The van der Waals surface area contributed by atoms with Gasteiger partial charge in [-0.1, -0.05) is 24.3 Å². The number of phenolic OH excluding ortho intramolecular Hbond substituents is 1. The first kappa shape index (κ1) is 18.4. The molecule has 1 N–H and O–H groups in total. The molecule has 4 rings (SSSR count). The van der Waals surface area contributed by atoms with Crippen molar-refractivity contribution in [3.63, 3.8) is 0 Å². The number of benzene rings is 3. The smallest absolute Gasteiger partial charge is 0.282 e. The lowest BCUT2D eigenvalue weighted by atomic mass is 9.95. The van der Waals surface area contributed by atoms with Gasteiger partial charge >= 0.3 is 0 Å². The largest absolute Gasteiger partial charge is 0.504 e. The van der Waals surface area contributed by atoms with Gasteiger partial charge in [-0.05, 0) is 64.7 Å². The maximum absolute atomic E-state index is 12.9. The fraction of sp³-hybridized carbons (Fsp3) is 0.0952. The Balaban J connectivity index is 1.74. The SMILES string of the molecule is CCOc1cc(C=NN2C(=O)c3cccc4cccc(c34)C2=O)cc(I)c1O. The Morgan fingerprint density at radius 3 is 2.36 bits per heavy atom. The maximum Gasteiger partial charge on any atom is 0.282 e. The van der Waals surface area contributed by atoms with Crippen molar-refractivity contribution in [1.82, 2.24) is 5.01 Å². The summed E-state index contributed by atoms with van der Waals surface area (Å²) in [5.74, 6) is -0.569. The molecule has 6 nitrogen and oxygen atoms in total. The van der Waals surface area contributed by atoms with Crippen molar-refractivity contribution in [1.29, 1.82) is 0 Å². The molecule has 0 spiro atoms. The number of phenols is 1. The molecular weight excluding hydrogens is 471 g/mol. The van der Waals surface area contributed by atoms with Gasteiger partial charge in [0, 0.05) is 5.39 Å². The van der Waals surface area contributed by atoms with Crippen LogP contribution in [0.5, 0.6) is 11.5 Å². The minimum absolute atomic E-state index is 0.0466. The molecule has 0 atom stereocenters. The summed E-state index contributed by atoms with van der Waals surface area (Å²) in [6.07, 6.45) is 1.41. The second-order valence-electron chi connectivity index (χ2n) is 6.16.